The highest BCUT2D eigenvalue weighted by Gasteiger charge is 2.18. The molecule has 25 heavy (non-hydrogen) atoms. The molecule has 0 atom stereocenters. The second-order valence-corrected chi connectivity index (χ2v) is 6.33. The minimum absolute atomic E-state index is 0.0381. The van der Waals surface area contributed by atoms with Crippen molar-refractivity contribution in [2.75, 3.05) is 31.6 Å². The number of hydrogen-bond donors (Lipinski definition) is 1. The molecule has 6 heteroatoms. The second kappa shape index (κ2) is 7.68. The fourth-order valence-electron chi connectivity index (χ4n) is 2.68. The molecule has 2 aromatic rings. The van der Waals surface area contributed by atoms with Crippen molar-refractivity contribution in [2.45, 2.75) is 6.92 Å². The fraction of sp³-hybridized carbons (Fsp3) is 0.263. The first-order chi connectivity index (χ1) is 12.0. The van der Waals surface area contributed by atoms with Crippen LogP contribution in [0.1, 0.15) is 26.3 Å². The number of rotatable bonds is 3. The number of halogens is 1. The van der Waals surface area contributed by atoms with E-state index in [9.17, 15) is 9.59 Å². The quantitative estimate of drug-likeness (QED) is 0.915. The maximum absolute atomic E-state index is 12.4. The summed E-state index contributed by atoms with van der Waals surface area (Å²) < 4.78 is 5.25. The smallest absolute Gasteiger partial charge is 0.255 e. The number of carbonyl (C=O) groups excluding carboxylic acids is 2. The minimum atomic E-state index is -0.226. The summed E-state index contributed by atoms with van der Waals surface area (Å²) in [6.45, 7) is 4.19. The zero-order valence-corrected chi connectivity index (χ0v) is 14.7. The van der Waals surface area contributed by atoms with Crippen LogP contribution in [0.25, 0.3) is 0 Å². The monoisotopic (exact) mass is 358 g/mol. The van der Waals surface area contributed by atoms with Crippen molar-refractivity contribution in [3.05, 3.63) is 64.2 Å². The largest absolute Gasteiger partial charge is 0.378 e. The van der Waals surface area contributed by atoms with Crippen molar-refractivity contribution < 1.29 is 14.3 Å². The summed E-state index contributed by atoms with van der Waals surface area (Å²) in [5, 5.41) is 3.48. The van der Waals surface area contributed by atoms with Crippen LogP contribution in [0.3, 0.4) is 0 Å². The van der Waals surface area contributed by atoms with E-state index in [0.29, 0.717) is 48.1 Å². The molecule has 5 nitrogen and oxygen atoms in total. The molecule has 3 rings (SSSR count). The van der Waals surface area contributed by atoms with E-state index in [2.05, 4.69) is 5.32 Å². The molecule has 130 valence electrons. The van der Waals surface area contributed by atoms with Gasteiger partial charge in [-0.2, -0.15) is 0 Å². The summed E-state index contributed by atoms with van der Waals surface area (Å²) in [7, 11) is 0. The first kappa shape index (κ1) is 17.5. The van der Waals surface area contributed by atoms with Gasteiger partial charge in [0.2, 0.25) is 0 Å². The molecule has 1 N–H and O–H groups in total. The Morgan fingerprint density at radius 3 is 2.32 bits per heavy atom. The molecular formula is C19H19ClN2O3. The predicted octanol–water partition coefficient (Wildman–Crippen LogP) is 3.37. The number of benzene rings is 2. The van der Waals surface area contributed by atoms with Crippen molar-refractivity contribution in [3.63, 3.8) is 0 Å². The third kappa shape index (κ3) is 4.18. The first-order valence-electron chi connectivity index (χ1n) is 8.09. The van der Waals surface area contributed by atoms with Gasteiger partial charge in [-0.1, -0.05) is 11.6 Å². The van der Waals surface area contributed by atoms with E-state index in [4.69, 9.17) is 16.3 Å². The number of ether oxygens (including phenoxy) is 1. The van der Waals surface area contributed by atoms with Gasteiger partial charge >= 0.3 is 0 Å². The van der Waals surface area contributed by atoms with Crippen LogP contribution in [0.4, 0.5) is 5.69 Å². The molecule has 2 amide bonds. The highest BCUT2D eigenvalue weighted by Crippen LogP contribution is 2.20. The van der Waals surface area contributed by atoms with Crippen LogP contribution in [0.2, 0.25) is 5.02 Å². The van der Waals surface area contributed by atoms with Gasteiger partial charge < -0.3 is 15.0 Å². The highest BCUT2D eigenvalue weighted by molar-refractivity contribution is 6.30. The zero-order chi connectivity index (χ0) is 17.8. The van der Waals surface area contributed by atoms with Gasteiger partial charge in [0.25, 0.3) is 11.8 Å². The van der Waals surface area contributed by atoms with E-state index in [1.165, 1.54) is 0 Å². The summed E-state index contributed by atoms with van der Waals surface area (Å²) in [4.78, 5) is 26.5. The lowest BCUT2D eigenvalue weighted by molar-refractivity contribution is 0.0303. The van der Waals surface area contributed by atoms with Gasteiger partial charge in [-0.05, 0) is 55.0 Å². The molecule has 0 radical (unpaired) electrons. The van der Waals surface area contributed by atoms with Gasteiger partial charge in [0.05, 0.1) is 13.2 Å². The molecule has 1 aliphatic heterocycles. The molecule has 1 heterocycles. The molecule has 2 aromatic carbocycles. The van der Waals surface area contributed by atoms with Crippen molar-refractivity contribution in [1.29, 1.82) is 0 Å². The normalized spacial score (nSPS) is 14.2. The van der Waals surface area contributed by atoms with Crippen molar-refractivity contribution in [3.8, 4) is 0 Å². The SMILES string of the molecule is Cc1cc(Cl)ccc1NC(=O)c1ccc(C(=O)N2CCOCC2)cc1. The number of nitrogens with one attached hydrogen (secondary N) is 1. The number of morpholine rings is 1. The average molecular weight is 359 g/mol. The zero-order valence-electron chi connectivity index (χ0n) is 13.9. The summed E-state index contributed by atoms with van der Waals surface area (Å²) in [6, 6.07) is 12.0. The Hall–Kier alpha value is -2.37. The summed E-state index contributed by atoms with van der Waals surface area (Å²) in [5.74, 6) is -0.264. The Labute approximate surface area is 151 Å². The number of aryl methyl sites for hydroxylation is 1. The maximum atomic E-state index is 12.4. The first-order valence-corrected chi connectivity index (χ1v) is 8.47. The van der Waals surface area contributed by atoms with E-state index in [-0.39, 0.29) is 11.8 Å². The lowest BCUT2D eigenvalue weighted by atomic mass is 10.1. The van der Waals surface area contributed by atoms with E-state index in [0.717, 1.165) is 5.56 Å². The summed E-state index contributed by atoms with van der Waals surface area (Å²) >= 11 is 5.93. The Morgan fingerprint density at radius 2 is 1.68 bits per heavy atom. The Balaban J connectivity index is 1.68. The van der Waals surface area contributed by atoms with Gasteiger partial charge in [0.1, 0.15) is 0 Å². The third-order valence-electron chi connectivity index (χ3n) is 4.13. The van der Waals surface area contributed by atoms with Crippen LogP contribution < -0.4 is 5.32 Å². The number of hydrogen-bond acceptors (Lipinski definition) is 3. The second-order valence-electron chi connectivity index (χ2n) is 5.90. The predicted molar refractivity (Wildman–Crippen MR) is 97.3 cm³/mol. The topological polar surface area (TPSA) is 58.6 Å². The molecule has 0 aromatic heterocycles. The Bertz CT molecular complexity index is 784. The number of carbonyl (C=O) groups is 2. The third-order valence-corrected chi connectivity index (χ3v) is 4.36. The van der Waals surface area contributed by atoms with Crippen molar-refractivity contribution in [1.82, 2.24) is 4.90 Å². The van der Waals surface area contributed by atoms with Gasteiger partial charge in [0, 0.05) is 34.9 Å². The molecule has 1 saturated heterocycles. The molecule has 0 saturated carbocycles. The summed E-state index contributed by atoms with van der Waals surface area (Å²) in [5.41, 5.74) is 2.66. The lowest BCUT2D eigenvalue weighted by Crippen LogP contribution is -2.40. The molecule has 1 fully saturated rings. The highest BCUT2D eigenvalue weighted by atomic mass is 35.5. The van der Waals surface area contributed by atoms with Crippen LogP contribution in [0, 0.1) is 6.92 Å². The van der Waals surface area contributed by atoms with Gasteiger partial charge in [-0.3, -0.25) is 9.59 Å². The number of anilines is 1. The van der Waals surface area contributed by atoms with Crippen LogP contribution in [0.15, 0.2) is 42.5 Å². The molecule has 0 bridgehead atoms. The Kier molecular flexibility index (Phi) is 5.36. The van der Waals surface area contributed by atoms with E-state index in [1.807, 2.05) is 6.92 Å². The minimum Gasteiger partial charge on any atom is -0.378 e. The molecular weight excluding hydrogens is 340 g/mol. The van der Waals surface area contributed by atoms with Gasteiger partial charge in [0.15, 0.2) is 0 Å². The van der Waals surface area contributed by atoms with Crippen LogP contribution >= 0.6 is 11.6 Å². The van der Waals surface area contributed by atoms with Crippen LogP contribution in [-0.2, 0) is 4.74 Å². The fourth-order valence-corrected chi connectivity index (χ4v) is 2.90. The van der Waals surface area contributed by atoms with Crippen LogP contribution in [0.5, 0.6) is 0 Å². The number of amides is 2. The van der Waals surface area contributed by atoms with E-state index >= 15 is 0 Å². The van der Waals surface area contributed by atoms with Crippen molar-refractivity contribution >= 4 is 29.1 Å². The average Bonchev–Trinajstić information content (AvgIpc) is 2.64. The van der Waals surface area contributed by atoms with Crippen LogP contribution in [-0.4, -0.2) is 43.0 Å². The molecule has 0 aliphatic carbocycles. The molecule has 0 unspecified atom stereocenters. The maximum Gasteiger partial charge on any atom is 0.255 e. The van der Waals surface area contributed by atoms with Gasteiger partial charge in [-0.25, -0.2) is 0 Å². The summed E-state index contributed by atoms with van der Waals surface area (Å²) in [6.07, 6.45) is 0. The van der Waals surface area contributed by atoms with Gasteiger partial charge in [-0.15, -0.1) is 0 Å². The van der Waals surface area contributed by atoms with E-state index < -0.39 is 0 Å². The standard InChI is InChI=1S/C19H19ClN2O3/c1-13-12-16(20)6-7-17(13)21-18(23)14-2-4-15(5-3-14)19(24)22-8-10-25-11-9-22/h2-7,12H,8-11H2,1H3,(H,21,23). The Morgan fingerprint density at radius 1 is 1.04 bits per heavy atom. The van der Waals surface area contributed by atoms with Crippen molar-refractivity contribution in [2.24, 2.45) is 0 Å². The lowest BCUT2D eigenvalue weighted by Gasteiger charge is -2.26. The number of nitrogens with zero attached hydrogens (tertiary/aromatic N) is 1. The molecule has 0 spiro atoms. The van der Waals surface area contributed by atoms with E-state index in [1.54, 1.807) is 47.4 Å². The molecule has 1 aliphatic rings.